The van der Waals surface area contributed by atoms with Gasteiger partial charge in [0.1, 0.15) is 0 Å². The van der Waals surface area contributed by atoms with E-state index in [0.717, 1.165) is 19.1 Å². The molecule has 1 fully saturated rings. The Morgan fingerprint density at radius 3 is 3.25 bits per heavy atom. The van der Waals surface area contributed by atoms with Crippen molar-refractivity contribution in [3.8, 4) is 0 Å². The van der Waals surface area contributed by atoms with Crippen LogP contribution in [-0.4, -0.2) is 35.2 Å². The maximum Gasteiger partial charge on any atom is 0.0945 e. The van der Waals surface area contributed by atoms with Crippen molar-refractivity contribution >= 4 is 0 Å². The van der Waals surface area contributed by atoms with Gasteiger partial charge in [0, 0.05) is 25.0 Å². The Balaban J connectivity index is 1.56. The maximum atomic E-state index is 4.04. The van der Waals surface area contributed by atoms with E-state index in [1.807, 2.05) is 18.7 Å². The second-order valence-corrected chi connectivity index (χ2v) is 4.49. The van der Waals surface area contributed by atoms with Crippen LogP contribution in [0.15, 0.2) is 18.7 Å². The molecule has 0 bridgehead atoms. The van der Waals surface area contributed by atoms with Crippen LogP contribution in [-0.2, 0) is 6.54 Å². The first-order valence-electron chi connectivity index (χ1n) is 6.35. The molecule has 1 aromatic rings. The second-order valence-electron chi connectivity index (χ2n) is 4.49. The summed E-state index contributed by atoms with van der Waals surface area (Å²) in [4.78, 5) is 4.04. The van der Waals surface area contributed by atoms with Crippen molar-refractivity contribution in [1.29, 1.82) is 0 Å². The minimum absolute atomic E-state index is 0.720. The Morgan fingerprint density at radius 1 is 1.38 bits per heavy atom. The molecule has 0 radical (unpaired) electrons. The summed E-state index contributed by atoms with van der Waals surface area (Å²) in [6.45, 7) is 4.53. The average molecular weight is 222 g/mol. The maximum absolute atomic E-state index is 4.04. The van der Waals surface area contributed by atoms with Gasteiger partial charge in [-0.1, -0.05) is 0 Å². The molecule has 2 rings (SSSR count). The van der Waals surface area contributed by atoms with Crippen LogP contribution in [0.25, 0.3) is 0 Å². The van der Waals surface area contributed by atoms with Crippen LogP contribution < -0.4 is 10.6 Å². The van der Waals surface area contributed by atoms with Crippen LogP contribution in [0.1, 0.15) is 25.7 Å². The molecule has 2 N–H and O–H groups in total. The number of rotatable bonds is 5. The number of aromatic nitrogens is 2. The predicted molar refractivity (Wildman–Crippen MR) is 65.4 cm³/mol. The third-order valence-corrected chi connectivity index (χ3v) is 3.16. The highest BCUT2D eigenvalue weighted by molar-refractivity contribution is 4.75. The van der Waals surface area contributed by atoms with Crippen LogP contribution in [0.2, 0.25) is 0 Å². The average Bonchev–Trinajstić information content (AvgIpc) is 2.68. The summed E-state index contributed by atoms with van der Waals surface area (Å²) in [6.07, 6.45) is 10.8. The molecule has 1 saturated heterocycles. The lowest BCUT2D eigenvalue weighted by Gasteiger charge is -2.15. The lowest BCUT2D eigenvalue weighted by Crippen LogP contribution is -2.31. The zero-order chi connectivity index (χ0) is 11.1. The van der Waals surface area contributed by atoms with Crippen molar-refractivity contribution in [1.82, 2.24) is 20.2 Å². The van der Waals surface area contributed by atoms with Crippen LogP contribution in [0.3, 0.4) is 0 Å². The number of hydrogen-bond donors (Lipinski definition) is 2. The van der Waals surface area contributed by atoms with Crippen molar-refractivity contribution in [2.45, 2.75) is 38.3 Å². The van der Waals surface area contributed by atoms with E-state index >= 15 is 0 Å². The minimum Gasteiger partial charge on any atom is -0.337 e. The molecule has 0 spiro atoms. The molecule has 2 heterocycles. The van der Waals surface area contributed by atoms with Gasteiger partial charge in [-0.15, -0.1) is 0 Å². The van der Waals surface area contributed by atoms with Gasteiger partial charge in [0.2, 0.25) is 0 Å². The van der Waals surface area contributed by atoms with E-state index in [4.69, 9.17) is 0 Å². The quantitative estimate of drug-likeness (QED) is 0.731. The number of nitrogens with zero attached hydrogens (tertiary/aromatic N) is 2. The van der Waals surface area contributed by atoms with Gasteiger partial charge in [0.15, 0.2) is 0 Å². The second kappa shape index (κ2) is 6.66. The van der Waals surface area contributed by atoms with Crippen molar-refractivity contribution in [2.75, 3.05) is 19.6 Å². The topological polar surface area (TPSA) is 41.9 Å². The summed E-state index contributed by atoms with van der Waals surface area (Å²) in [5, 5.41) is 7.09. The van der Waals surface area contributed by atoms with Gasteiger partial charge in [-0.05, 0) is 45.3 Å². The molecular formula is C12H22N4. The Labute approximate surface area is 97.4 Å². The zero-order valence-corrected chi connectivity index (χ0v) is 9.86. The van der Waals surface area contributed by atoms with E-state index < -0.39 is 0 Å². The largest absolute Gasteiger partial charge is 0.337 e. The molecule has 1 aromatic heterocycles. The van der Waals surface area contributed by atoms with Crippen LogP contribution in [0.4, 0.5) is 0 Å². The monoisotopic (exact) mass is 222 g/mol. The van der Waals surface area contributed by atoms with Crippen molar-refractivity contribution in [2.24, 2.45) is 0 Å². The first kappa shape index (κ1) is 11.6. The number of hydrogen-bond acceptors (Lipinski definition) is 3. The van der Waals surface area contributed by atoms with Crippen molar-refractivity contribution < 1.29 is 0 Å². The molecule has 1 atom stereocenters. The van der Waals surface area contributed by atoms with Gasteiger partial charge in [-0.2, -0.15) is 0 Å². The highest BCUT2D eigenvalue weighted by Crippen LogP contribution is 2.04. The van der Waals surface area contributed by atoms with Crippen LogP contribution in [0, 0.1) is 0 Å². The molecule has 1 aliphatic heterocycles. The summed E-state index contributed by atoms with van der Waals surface area (Å²) in [5.41, 5.74) is 0. The van der Waals surface area contributed by atoms with Crippen LogP contribution >= 0.6 is 0 Å². The normalized spacial score (nSPS) is 21.9. The lowest BCUT2D eigenvalue weighted by molar-refractivity contribution is 0.453. The standard InChI is InChI=1S/C12H22N4/c1-3-12(4-7-13-5-1)15-6-2-9-16-10-8-14-11-16/h8,10-13,15H,1-7,9H2. The van der Waals surface area contributed by atoms with Gasteiger partial charge in [0.25, 0.3) is 0 Å². The third kappa shape index (κ3) is 3.94. The lowest BCUT2D eigenvalue weighted by atomic mass is 10.1. The fraction of sp³-hybridized carbons (Fsp3) is 0.750. The van der Waals surface area contributed by atoms with Crippen molar-refractivity contribution in [3.05, 3.63) is 18.7 Å². The summed E-state index contributed by atoms with van der Waals surface area (Å²) < 4.78 is 2.14. The highest BCUT2D eigenvalue weighted by atomic mass is 15.0. The highest BCUT2D eigenvalue weighted by Gasteiger charge is 2.09. The molecule has 0 aliphatic carbocycles. The molecule has 0 amide bonds. The minimum atomic E-state index is 0.720. The van der Waals surface area contributed by atoms with Gasteiger partial charge in [-0.3, -0.25) is 0 Å². The SMILES string of the molecule is c1cn(CCCNC2CCCNCC2)cn1. The number of aryl methyl sites for hydroxylation is 1. The van der Waals surface area contributed by atoms with Gasteiger partial charge in [-0.25, -0.2) is 4.98 Å². The molecule has 1 unspecified atom stereocenters. The Morgan fingerprint density at radius 2 is 2.38 bits per heavy atom. The fourth-order valence-corrected chi connectivity index (χ4v) is 2.21. The molecule has 4 heteroatoms. The number of imidazole rings is 1. The zero-order valence-electron chi connectivity index (χ0n) is 9.86. The summed E-state index contributed by atoms with van der Waals surface area (Å²) in [6, 6.07) is 0.720. The summed E-state index contributed by atoms with van der Waals surface area (Å²) in [5.74, 6) is 0. The molecular weight excluding hydrogens is 200 g/mol. The molecule has 4 nitrogen and oxygen atoms in total. The van der Waals surface area contributed by atoms with E-state index in [1.54, 1.807) is 0 Å². The summed E-state index contributed by atoms with van der Waals surface area (Å²) >= 11 is 0. The first-order valence-corrected chi connectivity index (χ1v) is 6.35. The number of nitrogens with one attached hydrogen (secondary N) is 2. The fourth-order valence-electron chi connectivity index (χ4n) is 2.21. The third-order valence-electron chi connectivity index (χ3n) is 3.16. The van der Waals surface area contributed by atoms with Gasteiger partial charge < -0.3 is 15.2 Å². The van der Waals surface area contributed by atoms with Crippen LogP contribution in [0.5, 0.6) is 0 Å². The molecule has 1 aliphatic rings. The van der Waals surface area contributed by atoms with E-state index in [-0.39, 0.29) is 0 Å². The molecule has 0 saturated carbocycles. The van der Waals surface area contributed by atoms with Crippen molar-refractivity contribution in [3.63, 3.8) is 0 Å². The molecule has 16 heavy (non-hydrogen) atoms. The van der Waals surface area contributed by atoms with E-state index in [0.29, 0.717) is 0 Å². The Kier molecular flexibility index (Phi) is 4.83. The predicted octanol–water partition coefficient (Wildman–Crippen LogP) is 1.00. The van der Waals surface area contributed by atoms with Gasteiger partial charge >= 0.3 is 0 Å². The molecule has 90 valence electrons. The Bertz CT molecular complexity index is 263. The van der Waals surface area contributed by atoms with E-state index in [9.17, 15) is 0 Å². The Hall–Kier alpha value is -0.870. The van der Waals surface area contributed by atoms with Gasteiger partial charge in [0.05, 0.1) is 6.33 Å². The first-order chi connectivity index (χ1) is 7.95. The van der Waals surface area contributed by atoms with E-state index in [1.165, 1.54) is 38.8 Å². The molecule has 0 aromatic carbocycles. The van der Waals surface area contributed by atoms with E-state index in [2.05, 4.69) is 20.2 Å². The smallest absolute Gasteiger partial charge is 0.0945 e. The summed E-state index contributed by atoms with van der Waals surface area (Å²) in [7, 11) is 0.